The van der Waals surface area contributed by atoms with Gasteiger partial charge in [-0.1, -0.05) is 61.8 Å². The molecule has 0 saturated heterocycles. The number of rotatable bonds is 5. The van der Waals surface area contributed by atoms with Gasteiger partial charge in [0, 0.05) is 12.4 Å². The summed E-state index contributed by atoms with van der Waals surface area (Å²) in [7, 11) is -0.591. The first-order valence-electron chi connectivity index (χ1n) is 5.73. The molecule has 0 aliphatic rings. The van der Waals surface area contributed by atoms with E-state index in [-0.39, 0.29) is 40.6 Å². The van der Waals surface area contributed by atoms with E-state index in [4.69, 9.17) is 11.2 Å². The zero-order valence-corrected chi connectivity index (χ0v) is 15.5. The minimum Gasteiger partial charge on any atom is -1.00 e. The molecule has 0 bridgehead atoms. The van der Waals surface area contributed by atoms with Crippen LogP contribution < -0.4 is 17.7 Å². The predicted molar refractivity (Wildman–Crippen MR) is 82.5 cm³/mol. The van der Waals surface area contributed by atoms with Crippen LogP contribution in [0, 0.1) is 5.92 Å². The van der Waals surface area contributed by atoms with Gasteiger partial charge in [0.2, 0.25) is 0 Å². The molecule has 18 heavy (non-hydrogen) atoms. The first-order chi connectivity index (χ1) is 7.43. The van der Waals surface area contributed by atoms with Gasteiger partial charge in [-0.3, -0.25) is 0 Å². The monoisotopic (exact) mass is 314 g/mol. The topological polar surface area (TPSA) is 0 Å². The van der Waals surface area contributed by atoms with Crippen LogP contribution in [0.4, 0.5) is 0 Å². The van der Waals surface area contributed by atoms with Crippen LogP contribution >= 0.6 is 18.5 Å². The molecule has 1 aromatic rings. The van der Waals surface area contributed by atoms with E-state index in [1.807, 2.05) is 6.07 Å². The molecule has 0 aromatic heterocycles. The SMILES string of the molecule is C[C-](C)CCC(C)(C)P(Cl)c1ccccc1.[Cl-].[Mg+2]. The largest absolute Gasteiger partial charge is 2.00 e. The fourth-order valence-corrected chi connectivity index (χ4v) is 3.60. The Morgan fingerprint density at radius 3 is 2.11 bits per heavy atom. The quantitative estimate of drug-likeness (QED) is 0.441. The maximum Gasteiger partial charge on any atom is 2.00 e. The summed E-state index contributed by atoms with van der Waals surface area (Å²) in [6, 6.07) is 10.5. The molecule has 1 atom stereocenters. The van der Waals surface area contributed by atoms with Gasteiger partial charge in [0.25, 0.3) is 0 Å². The molecule has 0 N–H and O–H groups in total. The van der Waals surface area contributed by atoms with Gasteiger partial charge in [-0.25, -0.2) is 0 Å². The summed E-state index contributed by atoms with van der Waals surface area (Å²) >= 11 is 6.64. The Morgan fingerprint density at radius 2 is 1.67 bits per heavy atom. The molecule has 0 saturated carbocycles. The van der Waals surface area contributed by atoms with Crippen LogP contribution in [0.3, 0.4) is 0 Å². The van der Waals surface area contributed by atoms with Gasteiger partial charge in [-0.2, -0.15) is 20.3 Å². The predicted octanol–water partition coefficient (Wildman–Crippen LogP) is 1.74. The Kier molecular flexibility index (Phi) is 11.6. The Morgan fingerprint density at radius 1 is 1.17 bits per heavy atom. The van der Waals surface area contributed by atoms with Crippen molar-refractivity contribution in [3.8, 4) is 0 Å². The molecule has 0 nitrogen and oxygen atoms in total. The molecular formula is C14H21Cl2MgP. The van der Waals surface area contributed by atoms with Gasteiger partial charge in [0.05, 0.1) is 0 Å². The second kappa shape index (κ2) is 9.83. The maximum absolute atomic E-state index is 6.64. The van der Waals surface area contributed by atoms with E-state index in [1.165, 1.54) is 24.1 Å². The molecule has 1 rings (SSSR count). The van der Waals surface area contributed by atoms with Crippen LogP contribution in [0.2, 0.25) is 0 Å². The van der Waals surface area contributed by atoms with Crippen LogP contribution in [0.1, 0.15) is 40.5 Å². The molecule has 0 fully saturated rings. The van der Waals surface area contributed by atoms with Crippen LogP contribution in [-0.4, -0.2) is 28.2 Å². The number of hydrogen-bond acceptors (Lipinski definition) is 0. The normalized spacial score (nSPS) is 12.6. The number of hydrogen-bond donors (Lipinski definition) is 0. The van der Waals surface area contributed by atoms with E-state index in [0.717, 1.165) is 0 Å². The van der Waals surface area contributed by atoms with E-state index in [2.05, 4.69) is 52.0 Å². The third-order valence-electron chi connectivity index (χ3n) is 2.75. The van der Waals surface area contributed by atoms with Gasteiger partial charge in [-0.15, -0.1) is 0 Å². The molecule has 0 heterocycles. The van der Waals surface area contributed by atoms with E-state index in [1.54, 1.807) is 0 Å². The van der Waals surface area contributed by atoms with Crippen molar-refractivity contribution in [1.29, 1.82) is 0 Å². The molecule has 1 unspecified atom stereocenters. The summed E-state index contributed by atoms with van der Waals surface area (Å²) in [5, 5.41) is 1.49. The average molecular weight is 316 g/mol. The third-order valence-corrected chi connectivity index (χ3v) is 6.75. The standard InChI is InChI=1S/C14H21ClP.ClH.Mg/c1-12(2)10-11-14(3,4)16(15)13-8-6-5-7-9-13;;/h5-9H,10-11H2,1-4H3;1H;/q-1;;+2/p-1. The second-order valence-electron chi connectivity index (χ2n) is 5.14. The number of benzene rings is 1. The molecule has 98 valence electrons. The van der Waals surface area contributed by atoms with Gasteiger partial charge in [-0.05, 0) is 5.30 Å². The van der Waals surface area contributed by atoms with Crippen molar-refractivity contribution in [2.75, 3.05) is 0 Å². The van der Waals surface area contributed by atoms with Crippen LogP contribution in [0.25, 0.3) is 0 Å². The summed E-state index contributed by atoms with van der Waals surface area (Å²) in [6.45, 7) is 8.94. The Bertz CT molecular complexity index is 315. The van der Waals surface area contributed by atoms with E-state index >= 15 is 0 Å². The van der Waals surface area contributed by atoms with Crippen molar-refractivity contribution < 1.29 is 12.4 Å². The molecule has 0 aliphatic heterocycles. The van der Waals surface area contributed by atoms with Crippen molar-refractivity contribution in [2.45, 2.75) is 45.7 Å². The van der Waals surface area contributed by atoms with E-state index in [0.29, 0.717) is 0 Å². The second-order valence-corrected chi connectivity index (χ2v) is 8.44. The fraction of sp³-hybridized carbons (Fsp3) is 0.500. The summed E-state index contributed by atoms with van der Waals surface area (Å²) in [6.07, 6.45) is 2.34. The Hall–Kier alpha value is 0.996. The summed E-state index contributed by atoms with van der Waals surface area (Å²) in [5.41, 5.74) is 0. The van der Waals surface area contributed by atoms with Crippen molar-refractivity contribution >= 4 is 46.9 Å². The Labute approximate surface area is 140 Å². The molecule has 4 heteroatoms. The molecule has 0 amide bonds. The Balaban J connectivity index is 0. The molecule has 0 radical (unpaired) electrons. The van der Waals surface area contributed by atoms with Gasteiger partial charge < -0.3 is 18.3 Å². The van der Waals surface area contributed by atoms with E-state index < -0.39 is 7.27 Å². The molecule has 0 aliphatic carbocycles. The smallest absolute Gasteiger partial charge is 1.00 e. The summed E-state index contributed by atoms with van der Waals surface area (Å²) in [4.78, 5) is 0. The maximum atomic E-state index is 6.64. The average Bonchev–Trinajstić information content (AvgIpc) is 2.27. The first kappa shape index (κ1) is 21.3. The summed E-state index contributed by atoms with van der Waals surface area (Å²) in [5.74, 6) is 1.49. The van der Waals surface area contributed by atoms with E-state index in [9.17, 15) is 0 Å². The number of halogens is 2. The van der Waals surface area contributed by atoms with Crippen molar-refractivity contribution in [3.63, 3.8) is 0 Å². The van der Waals surface area contributed by atoms with Crippen molar-refractivity contribution in [3.05, 3.63) is 36.2 Å². The van der Waals surface area contributed by atoms with Crippen LogP contribution in [-0.2, 0) is 0 Å². The van der Waals surface area contributed by atoms with Crippen molar-refractivity contribution in [2.24, 2.45) is 0 Å². The van der Waals surface area contributed by atoms with Gasteiger partial charge in [0.15, 0.2) is 0 Å². The molecule has 0 spiro atoms. The van der Waals surface area contributed by atoms with Gasteiger partial charge >= 0.3 is 23.1 Å². The minimum absolute atomic E-state index is 0. The first-order valence-corrected chi connectivity index (χ1v) is 7.98. The van der Waals surface area contributed by atoms with Crippen LogP contribution in [0.5, 0.6) is 0 Å². The van der Waals surface area contributed by atoms with Crippen LogP contribution in [0.15, 0.2) is 30.3 Å². The zero-order chi connectivity index (χ0) is 12.2. The zero-order valence-electron chi connectivity index (χ0n) is 11.7. The molecular weight excluding hydrogens is 294 g/mol. The fourth-order valence-electron chi connectivity index (χ4n) is 1.56. The van der Waals surface area contributed by atoms with Crippen molar-refractivity contribution in [1.82, 2.24) is 0 Å². The minimum atomic E-state index is -0.591. The third kappa shape index (κ3) is 6.96. The summed E-state index contributed by atoms with van der Waals surface area (Å²) < 4.78 is 0. The van der Waals surface area contributed by atoms with Gasteiger partial charge in [0.1, 0.15) is 0 Å². The molecule has 1 aromatic carbocycles.